The van der Waals surface area contributed by atoms with Gasteiger partial charge in [-0.15, -0.1) is 10.2 Å². The standard InChI is InChI=1S/C15H16BrF3N2O3/c1-3-23-13(22)7-12(14-21-20-8(2)24-14)9-4-10(15(17,18)19)6-11(16)5-9/h4-6,12-13,22H,3,7H2,1-2H3. The third-order valence-electron chi connectivity index (χ3n) is 3.29. The van der Waals surface area contributed by atoms with Crippen LogP contribution < -0.4 is 0 Å². The van der Waals surface area contributed by atoms with Gasteiger partial charge in [-0.05, 0) is 30.7 Å². The average Bonchev–Trinajstić information content (AvgIpc) is 2.90. The van der Waals surface area contributed by atoms with Crippen molar-refractivity contribution in [2.75, 3.05) is 6.61 Å². The maximum absolute atomic E-state index is 13.1. The van der Waals surface area contributed by atoms with E-state index < -0.39 is 23.9 Å². The minimum atomic E-state index is -4.49. The summed E-state index contributed by atoms with van der Waals surface area (Å²) in [6, 6.07) is 3.52. The van der Waals surface area contributed by atoms with Gasteiger partial charge in [0.25, 0.3) is 0 Å². The van der Waals surface area contributed by atoms with Gasteiger partial charge in [-0.25, -0.2) is 0 Å². The Kier molecular flexibility index (Phi) is 6.00. The summed E-state index contributed by atoms with van der Waals surface area (Å²) in [5.41, 5.74) is -0.516. The van der Waals surface area contributed by atoms with Gasteiger partial charge in [0.05, 0.1) is 11.5 Å². The van der Waals surface area contributed by atoms with E-state index in [1.807, 2.05) is 0 Å². The zero-order valence-electron chi connectivity index (χ0n) is 13.0. The Labute approximate surface area is 145 Å². The molecule has 0 bridgehead atoms. The Bertz CT molecular complexity index is 691. The predicted molar refractivity (Wildman–Crippen MR) is 82.3 cm³/mol. The molecule has 1 heterocycles. The number of alkyl halides is 3. The molecule has 24 heavy (non-hydrogen) atoms. The normalized spacial score (nSPS) is 14.6. The Morgan fingerprint density at radius 3 is 2.54 bits per heavy atom. The summed E-state index contributed by atoms with van der Waals surface area (Å²) in [6.45, 7) is 3.55. The van der Waals surface area contributed by atoms with Gasteiger partial charge >= 0.3 is 6.18 Å². The minimum Gasteiger partial charge on any atom is -0.425 e. The highest BCUT2D eigenvalue weighted by Gasteiger charge is 2.33. The van der Waals surface area contributed by atoms with Crippen molar-refractivity contribution in [1.82, 2.24) is 10.2 Å². The number of aliphatic hydroxyl groups excluding tert-OH is 1. The van der Waals surface area contributed by atoms with Crippen molar-refractivity contribution in [1.29, 1.82) is 0 Å². The summed E-state index contributed by atoms with van der Waals surface area (Å²) in [4.78, 5) is 0. The van der Waals surface area contributed by atoms with Crippen molar-refractivity contribution in [2.24, 2.45) is 0 Å². The highest BCUT2D eigenvalue weighted by molar-refractivity contribution is 9.10. The lowest BCUT2D eigenvalue weighted by atomic mass is 9.93. The maximum atomic E-state index is 13.1. The molecule has 0 amide bonds. The highest BCUT2D eigenvalue weighted by atomic mass is 79.9. The highest BCUT2D eigenvalue weighted by Crippen LogP contribution is 2.36. The zero-order chi connectivity index (χ0) is 17.9. The lowest BCUT2D eigenvalue weighted by molar-refractivity contribution is -0.137. The Balaban J connectivity index is 2.45. The molecular weight excluding hydrogens is 393 g/mol. The van der Waals surface area contributed by atoms with E-state index >= 15 is 0 Å². The van der Waals surface area contributed by atoms with Gasteiger partial charge in [-0.2, -0.15) is 13.2 Å². The second kappa shape index (κ2) is 7.62. The summed E-state index contributed by atoms with van der Waals surface area (Å²) in [6.07, 6.45) is -5.67. The van der Waals surface area contributed by atoms with Gasteiger partial charge in [0.1, 0.15) is 0 Å². The fourth-order valence-electron chi connectivity index (χ4n) is 2.27. The largest absolute Gasteiger partial charge is 0.425 e. The summed E-state index contributed by atoms with van der Waals surface area (Å²) in [5, 5.41) is 17.5. The number of aliphatic hydroxyl groups is 1. The molecule has 0 saturated heterocycles. The Morgan fingerprint density at radius 2 is 2.00 bits per heavy atom. The van der Waals surface area contributed by atoms with Gasteiger partial charge in [-0.1, -0.05) is 15.9 Å². The van der Waals surface area contributed by atoms with E-state index in [1.54, 1.807) is 13.8 Å². The molecular formula is C15H16BrF3N2O3. The molecule has 0 aliphatic carbocycles. The van der Waals surface area contributed by atoms with E-state index in [-0.39, 0.29) is 29.3 Å². The van der Waals surface area contributed by atoms with Crippen LogP contribution in [-0.4, -0.2) is 28.2 Å². The number of ether oxygens (including phenoxy) is 1. The first kappa shape index (κ1) is 18.9. The molecule has 0 aliphatic heterocycles. The molecule has 0 radical (unpaired) electrons. The van der Waals surface area contributed by atoms with E-state index in [0.29, 0.717) is 5.56 Å². The van der Waals surface area contributed by atoms with E-state index in [4.69, 9.17) is 9.15 Å². The molecule has 132 valence electrons. The molecule has 2 aromatic rings. The first-order valence-corrected chi connectivity index (χ1v) is 7.97. The van der Waals surface area contributed by atoms with Crippen molar-refractivity contribution in [3.8, 4) is 0 Å². The first-order valence-electron chi connectivity index (χ1n) is 7.18. The minimum absolute atomic E-state index is 0.0107. The fourth-order valence-corrected chi connectivity index (χ4v) is 2.78. The molecule has 2 unspecified atom stereocenters. The lowest BCUT2D eigenvalue weighted by Gasteiger charge is -2.19. The van der Waals surface area contributed by atoms with Crippen molar-refractivity contribution in [3.05, 3.63) is 45.6 Å². The van der Waals surface area contributed by atoms with Crippen LogP contribution in [0.4, 0.5) is 13.2 Å². The topological polar surface area (TPSA) is 68.4 Å². The molecule has 1 N–H and O–H groups in total. The summed E-state index contributed by atoms with van der Waals surface area (Å²) < 4.78 is 49.9. The number of rotatable bonds is 6. The van der Waals surface area contributed by atoms with Crippen LogP contribution in [0.5, 0.6) is 0 Å². The second-order valence-electron chi connectivity index (χ2n) is 5.13. The van der Waals surface area contributed by atoms with Crippen molar-refractivity contribution in [2.45, 2.75) is 38.7 Å². The number of hydrogen-bond acceptors (Lipinski definition) is 5. The van der Waals surface area contributed by atoms with Crippen LogP contribution in [0.2, 0.25) is 0 Å². The van der Waals surface area contributed by atoms with Gasteiger partial charge in [0.15, 0.2) is 6.29 Å². The van der Waals surface area contributed by atoms with Crippen LogP contribution in [0.25, 0.3) is 0 Å². The molecule has 0 aliphatic rings. The summed E-state index contributed by atoms with van der Waals surface area (Å²) >= 11 is 3.09. The third kappa shape index (κ3) is 4.78. The molecule has 2 atom stereocenters. The average molecular weight is 409 g/mol. The predicted octanol–water partition coefficient (Wildman–Crippen LogP) is 4.04. The van der Waals surface area contributed by atoms with Crippen LogP contribution in [0, 0.1) is 6.92 Å². The number of nitrogens with zero attached hydrogens (tertiary/aromatic N) is 2. The SMILES string of the molecule is CCOC(O)CC(c1cc(Br)cc(C(F)(F)F)c1)c1nnc(C)o1. The summed E-state index contributed by atoms with van der Waals surface area (Å²) in [5.74, 6) is -0.323. The van der Waals surface area contributed by atoms with Crippen LogP contribution in [0.1, 0.15) is 42.2 Å². The van der Waals surface area contributed by atoms with Crippen molar-refractivity contribution >= 4 is 15.9 Å². The molecule has 5 nitrogen and oxygen atoms in total. The van der Waals surface area contributed by atoms with Crippen molar-refractivity contribution in [3.63, 3.8) is 0 Å². The maximum Gasteiger partial charge on any atom is 0.416 e. The van der Waals surface area contributed by atoms with E-state index in [0.717, 1.165) is 12.1 Å². The van der Waals surface area contributed by atoms with Crippen LogP contribution in [-0.2, 0) is 10.9 Å². The second-order valence-corrected chi connectivity index (χ2v) is 6.04. The molecule has 2 rings (SSSR count). The van der Waals surface area contributed by atoms with Gasteiger partial charge in [0.2, 0.25) is 11.8 Å². The molecule has 0 fully saturated rings. The lowest BCUT2D eigenvalue weighted by Crippen LogP contribution is -2.18. The monoisotopic (exact) mass is 408 g/mol. The molecule has 0 spiro atoms. The van der Waals surface area contributed by atoms with E-state index in [9.17, 15) is 18.3 Å². The Hall–Kier alpha value is -1.45. The van der Waals surface area contributed by atoms with Crippen LogP contribution in [0.3, 0.4) is 0 Å². The van der Waals surface area contributed by atoms with Gasteiger partial charge in [0, 0.05) is 24.4 Å². The van der Waals surface area contributed by atoms with Crippen LogP contribution >= 0.6 is 15.9 Å². The summed E-state index contributed by atoms with van der Waals surface area (Å²) in [7, 11) is 0. The van der Waals surface area contributed by atoms with Gasteiger partial charge < -0.3 is 14.3 Å². The molecule has 9 heteroatoms. The number of aromatic nitrogens is 2. The molecule has 1 aromatic carbocycles. The third-order valence-corrected chi connectivity index (χ3v) is 3.74. The fraction of sp³-hybridized carbons (Fsp3) is 0.467. The van der Waals surface area contributed by atoms with E-state index in [1.165, 1.54) is 6.07 Å². The molecule has 0 saturated carbocycles. The number of hydrogen-bond donors (Lipinski definition) is 1. The quantitative estimate of drug-likeness (QED) is 0.730. The van der Waals surface area contributed by atoms with Crippen molar-refractivity contribution < 1.29 is 27.4 Å². The molecule has 1 aromatic heterocycles. The first-order chi connectivity index (χ1) is 11.2. The Morgan fingerprint density at radius 1 is 1.29 bits per heavy atom. The van der Waals surface area contributed by atoms with Gasteiger partial charge in [-0.3, -0.25) is 0 Å². The smallest absolute Gasteiger partial charge is 0.416 e. The zero-order valence-corrected chi connectivity index (χ0v) is 14.6. The van der Waals surface area contributed by atoms with E-state index in [2.05, 4.69) is 26.1 Å². The number of benzene rings is 1. The number of aryl methyl sites for hydroxylation is 1. The number of halogens is 4. The van der Waals surface area contributed by atoms with Crippen LogP contribution in [0.15, 0.2) is 27.1 Å².